The summed E-state index contributed by atoms with van der Waals surface area (Å²) < 4.78 is 0. The molecule has 0 aliphatic heterocycles. The number of hydrogen-bond donors (Lipinski definition) is 0. The lowest BCUT2D eigenvalue weighted by Crippen LogP contribution is -1.96. The molecule has 0 bridgehead atoms. The first kappa shape index (κ1) is 15.5. The first-order valence-electron chi connectivity index (χ1n) is 6.34. The molecule has 100 valence electrons. The van der Waals surface area contributed by atoms with Crippen molar-refractivity contribution in [2.24, 2.45) is 0 Å². The fourth-order valence-corrected chi connectivity index (χ4v) is 2.28. The molecule has 0 saturated heterocycles. The van der Waals surface area contributed by atoms with Crippen LogP contribution < -0.4 is 0 Å². The van der Waals surface area contributed by atoms with Crippen LogP contribution >= 0.6 is 11.6 Å². The number of carbonyl (C=O) groups excluding carboxylic acids is 1. The third-order valence-electron chi connectivity index (χ3n) is 2.94. The minimum atomic E-state index is 0.165. The van der Waals surface area contributed by atoms with Gasteiger partial charge in [-0.1, -0.05) is 49.4 Å². The molecule has 0 fully saturated rings. The fraction of sp³-hybridized carbons (Fsp3) is 0.294. The van der Waals surface area contributed by atoms with E-state index in [1.807, 2.05) is 31.2 Å². The van der Waals surface area contributed by atoms with Crippen LogP contribution in [0.15, 0.2) is 47.2 Å². The van der Waals surface area contributed by atoms with Crippen LogP contribution in [0.5, 0.6) is 0 Å². The number of benzene rings is 1. The molecule has 0 unspecified atom stereocenters. The predicted octanol–water partition coefficient (Wildman–Crippen LogP) is 4.91. The van der Waals surface area contributed by atoms with Crippen molar-refractivity contribution in [3.8, 4) is 0 Å². The average Bonchev–Trinajstić information content (AvgIpc) is 2.35. The Kier molecular flexibility index (Phi) is 5.82. The lowest BCUT2D eigenvalue weighted by molar-refractivity contribution is -0.116. The zero-order chi connectivity index (χ0) is 14.4. The number of allylic oxidation sites excluding steroid dienone is 3. The Morgan fingerprint density at radius 1 is 1.26 bits per heavy atom. The summed E-state index contributed by atoms with van der Waals surface area (Å²) in [6.07, 6.45) is 1.31. The van der Waals surface area contributed by atoms with E-state index >= 15 is 0 Å². The smallest absolute Gasteiger partial charge is 0.134 e. The van der Waals surface area contributed by atoms with Crippen LogP contribution in [0.4, 0.5) is 0 Å². The Bertz CT molecular complexity index is 539. The monoisotopic (exact) mass is 274 g/mol. The molecule has 0 saturated carbocycles. The van der Waals surface area contributed by atoms with Gasteiger partial charge in [0.2, 0.25) is 0 Å². The molecule has 0 N–H and O–H groups in total. The summed E-state index contributed by atoms with van der Waals surface area (Å²) in [7, 11) is 0. The molecule has 0 aliphatic rings. The molecular weight excluding hydrogens is 256 g/mol. The lowest BCUT2D eigenvalue weighted by Gasteiger charge is -2.10. The Hall–Kier alpha value is -1.56. The Morgan fingerprint density at radius 3 is 2.21 bits per heavy atom. The lowest BCUT2D eigenvalue weighted by atomic mass is 9.95. The minimum Gasteiger partial charge on any atom is -0.300 e. The molecule has 0 amide bonds. The van der Waals surface area contributed by atoms with Gasteiger partial charge in [-0.2, -0.15) is 0 Å². The van der Waals surface area contributed by atoms with E-state index in [1.165, 1.54) is 0 Å². The van der Waals surface area contributed by atoms with Crippen molar-refractivity contribution in [1.29, 1.82) is 0 Å². The summed E-state index contributed by atoms with van der Waals surface area (Å²) in [5, 5.41) is 0.765. The third-order valence-corrected chi connectivity index (χ3v) is 3.17. The number of Topliss-reactive ketones (excluding diaryl/α,β-unsaturated/α-hetero) is 1. The van der Waals surface area contributed by atoms with Crippen molar-refractivity contribution < 1.29 is 4.79 Å². The molecular formula is C17H19ClO. The summed E-state index contributed by atoms with van der Waals surface area (Å²) in [5.41, 5.74) is 7.00. The number of carbonyl (C=O) groups is 1. The first-order valence-corrected chi connectivity index (χ1v) is 6.71. The molecule has 1 aromatic carbocycles. The fourth-order valence-electron chi connectivity index (χ4n) is 2.05. The van der Waals surface area contributed by atoms with Crippen molar-refractivity contribution in [3.63, 3.8) is 0 Å². The van der Waals surface area contributed by atoms with Crippen molar-refractivity contribution in [1.82, 2.24) is 0 Å². The van der Waals surface area contributed by atoms with Crippen LogP contribution in [-0.2, 0) is 11.2 Å². The molecule has 0 aliphatic carbocycles. The highest BCUT2D eigenvalue weighted by molar-refractivity contribution is 6.30. The molecule has 1 rings (SSSR count). The zero-order valence-electron chi connectivity index (χ0n) is 11.7. The first-order chi connectivity index (χ1) is 8.99. The van der Waals surface area contributed by atoms with E-state index in [-0.39, 0.29) is 5.78 Å². The van der Waals surface area contributed by atoms with Crippen LogP contribution in [0, 0.1) is 0 Å². The van der Waals surface area contributed by atoms with Gasteiger partial charge < -0.3 is 0 Å². The standard InChI is InChI=1S/C17H19ClO/c1-5-16(13(4)18)17(6-2)15-9-7-14(8-10-15)11-12(3)19/h7-10H,2,5,11H2,1,3-4H3/b16-13-. The van der Waals surface area contributed by atoms with Gasteiger partial charge in [-0.3, -0.25) is 4.79 Å². The second kappa shape index (κ2) is 7.13. The molecule has 0 radical (unpaired) electrons. The van der Waals surface area contributed by atoms with Crippen LogP contribution in [0.1, 0.15) is 38.3 Å². The maximum absolute atomic E-state index is 11.1. The van der Waals surface area contributed by atoms with E-state index in [0.29, 0.717) is 6.42 Å². The highest BCUT2D eigenvalue weighted by Gasteiger charge is 2.09. The van der Waals surface area contributed by atoms with E-state index in [4.69, 9.17) is 11.6 Å². The average molecular weight is 275 g/mol. The molecule has 0 heterocycles. The van der Waals surface area contributed by atoms with E-state index < -0.39 is 0 Å². The third kappa shape index (κ3) is 4.24. The summed E-state index contributed by atoms with van der Waals surface area (Å²) in [5.74, 6) is 0.165. The van der Waals surface area contributed by atoms with Gasteiger partial charge in [0.15, 0.2) is 0 Å². The molecule has 1 nitrogen and oxygen atoms in total. The summed E-state index contributed by atoms with van der Waals surface area (Å²) in [6, 6.07) is 7.90. The normalized spacial score (nSPS) is 11.6. The van der Waals surface area contributed by atoms with E-state index in [9.17, 15) is 4.79 Å². The second-order valence-corrected chi connectivity index (χ2v) is 5.06. The molecule has 0 spiro atoms. The van der Waals surface area contributed by atoms with Gasteiger partial charge >= 0.3 is 0 Å². The molecule has 2 heteroatoms. The number of hydrogen-bond acceptors (Lipinski definition) is 1. The van der Waals surface area contributed by atoms with Gasteiger partial charge in [-0.25, -0.2) is 0 Å². The minimum absolute atomic E-state index is 0.165. The van der Waals surface area contributed by atoms with E-state index in [2.05, 4.69) is 19.2 Å². The van der Waals surface area contributed by atoms with Gasteiger partial charge in [0.05, 0.1) is 0 Å². The predicted molar refractivity (Wildman–Crippen MR) is 82.2 cm³/mol. The number of rotatable bonds is 5. The molecule has 0 atom stereocenters. The highest BCUT2D eigenvalue weighted by Crippen LogP contribution is 2.28. The Morgan fingerprint density at radius 2 is 1.84 bits per heavy atom. The van der Waals surface area contributed by atoms with E-state index in [1.54, 1.807) is 6.92 Å². The van der Waals surface area contributed by atoms with Gasteiger partial charge in [0.1, 0.15) is 5.78 Å². The summed E-state index contributed by atoms with van der Waals surface area (Å²) in [6.45, 7) is 9.28. The van der Waals surface area contributed by atoms with Crippen LogP contribution in [0.3, 0.4) is 0 Å². The second-order valence-electron chi connectivity index (χ2n) is 4.49. The quantitative estimate of drug-likeness (QED) is 0.551. The van der Waals surface area contributed by atoms with Crippen LogP contribution in [0.25, 0.3) is 5.57 Å². The summed E-state index contributed by atoms with van der Waals surface area (Å²) in [4.78, 5) is 11.1. The Labute approximate surface area is 120 Å². The molecule has 19 heavy (non-hydrogen) atoms. The van der Waals surface area contributed by atoms with Crippen LogP contribution in [0.2, 0.25) is 0 Å². The van der Waals surface area contributed by atoms with Gasteiger partial charge in [-0.15, -0.1) is 5.73 Å². The maximum atomic E-state index is 11.1. The molecule has 1 aromatic rings. The van der Waals surface area contributed by atoms with E-state index in [0.717, 1.165) is 33.7 Å². The Balaban J connectivity index is 3.12. The van der Waals surface area contributed by atoms with Crippen molar-refractivity contribution >= 4 is 23.0 Å². The van der Waals surface area contributed by atoms with Crippen LogP contribution in [-0.4, -0.2) is 5.78 Å². The zero-order valence-corrected chi connectivity index (χ0v) is 12.5. The van der Waals surface area contributed by atoms with Gasteiger partial charge in [0, 0.05) is 17.0 Å². The van der Waals surface area contributed by atoms with Crippen molar-refractivity contribution in [2.75, 3.05) is 0 Å². The molecule has 0 aromatic heterocycles. The largest absolute Gasteiger partial charge is 0.300 e. The number of ketones is 1. The maximum Gasteiger partial charge on any atom is 0.134 e. The number of halogens is 1. The van der Waals surface area contributed by atoms with Gasteiger partial charge in [-0.05, 0) is 37.0 Å². The summed E-state index contributed by atoms with van der Waals surface area (Å²) >= 11 is 6.11. The highest BCUT2D eigenvalue weighted by atomic mass is 35.5. The van der Waals surface area contributed by atoms with Crippen molar-refractivity contribution in [2.45, 2.75) is 33.6 Å². The SMILES string of the molecule is C=C=C(/C(CC)=C(/C)Cl)c1ccc(CC(C)=O)cc1. The van der Waals surface area contributed by atoms with Gasteiger partial charge in [0.25, 0.3) is 0 Å². The topological polar surface area (TPSA) is 17.1 Å². The van der Waals surface area contributed by atoms with Crippen molar-refractivity contribution in [3.05, 3.63) is 58.3 Å².